The molecule has 1 amide bonds. The molecule has 0 radical (unpaired) electrons. The molecule has 0 aliphatic heterocycles. The van der Waals surface area contributed by atoms with Gasteiger partial charge in [-0.2, -0.15) is 8.42 Å². The van der Waals surface area contributed by atoms with Crippen LogP contribution in [0, 0.1) is 42.4 Å². The summed E-state index contributed by atoms with van der Waals surface area (Å²) in [7, 11) is -3.95. The molecule has 432 valence electrons. The van der Waals surface area contributed by atoms with Crippen LogP contribution in [-0.2, 0) is 28.7 Å². The normalized spacial score (nSPS) is 15.6. The van der Waals surface area contributed by atoms with Crippen LogP contribution in [-0.4, -0.2) is 88.3 Å². The van der Waals surface area contributed by atoms with Crippen molar-refractivity contribution in [2.24, 2.45) is 41.2 Å². The van der Waals surface area contributed by atoms with Gasteiger partial charge in [-0.15, -0.1) is 0 Å². The minimum atomic E-state index is -3.95. The molecule has 1 aromatic carbocycles. The van der Waals surface area contributed by atoms with Crippen molar-refractivity contribution >= 4 is 28.0 Å². The van der Waals surface area contributed by atoms with Crippen LogP contribution in [0.3, 0.4) is 0 Å². The molecule has 0 saturated carbocycles. The zero-order valence-corrected chi connectivity index (χ0v) is 49.8. The summed E-state index contributed by atoms with van der Waals surface area (Å²) < 4.78 is 27.6. The molecule has 1 aromatic rings. The lowest BCUT2D eigenvalue weighted by atomic mass is 9.88. The van der Waals surface area contributed by atoms with E-state index in [1.54, 1.807) is 32.9 Å². The van der Waals surface area contributed by atoms with Crippen molar-refractivity contribution in [3.05, 3.63) is 29.8 Å². The van der Waals surface area contributed by atoms with Crippen molar-refractivity contribution in [3.8, 4) is 0 Å². The highest BCUT2D eigenvalue weighted by molar-refractivity contribution is 7.87. The number of aliphatic carboxylic acids is 1. The molecular formula is C59H114N2O11S. The molecule has 0 saturated heterocycles. The maximum Gasteiger partial charge on any atom is 0.341 e. The summed E-state index contributed by atoms with van der Waals surface area (Å²) in [6.07, 6.45) is 22.3. The Morgan fingerprint density at radius 3 is 1.27 bits per heavy atom. The predicted molar refractivity (Wildman–Crippen MR) is 302 cm³/mol. The van der Waals surface area contributed by atoms with Crippen LogP contribution in [0.5, 0.6) is 0 Å². The van der Waals surface area contributed by atoms with Gasteiger partial charge >= 0.3 is 22.1 Å². The van der Waals surface area contributed by atoms with Gasteiger partial charge in [0.15, 0.2) is 0 Å². The van der Waals surface area contributed by atoms with Crippen molar-refractivity contribution in [3.63, 3.8) is 0 Å². The molecule has 0 bridgehead atoms. The lowest BCUT2D eigenvalue weighted by molar-refractivity contribution is -0.137. The molecule has 14 heteroatoms. The molecule has 8 atom stereocenters. The quantitative estimate of drug-likeness (QED) is 0.0308. The van der Waals surface area contributed by atoms with Crippen LogP contribution >= 0.6 is 0 Å². The number of amides is 1. The molecule has 0 aliphatic rings. The molecule has 1 rings (SSSR count). The summed E-state index contributed by atoms with van der Waals surface area (Å²) in [6, 6.07) is 6.15. The van der Waals surface area contributed by atoms with Crippen LogP contribution in [0.4, 0.5) is 0 Å². The maximum absolute atomic E-state index is 11.6. The number of carbonyl (C=O) groups is 3. The van der Waals surface area contributed by atoms with E-state index >= 15 is 0 Å². The minimum Gasteiger partial charge on any atom is -0.481 e. The Morgan fingerprint density at radius 2 is 0.945 bits per heavy atom. The van der Waals surface area contributed by atoms with Gasteiger partial charge in [-0.3, -0.25) is 14.4 Å². The Bertz CT molecular complexity index is 1620. The van der Waals surface area contributed by atoms with E-state index in [-0.39, 0.29) is 30.3 Å². The van der Waals surface area contributed by atoms with E-state index in [0.717, 1.165) is 67.8 Å². The average molecular weight is 1060 g/mol. The third-order valence-electron chi connectivity index (χ3n) is 13.6. The smallest absolute Gasteiger partial charge is 0.341 e. The standard InChI is InChI=1S/C24H49NO3.C20H43NO2.C11H14O4S.C4H8O2/c1-7-11-23(27)25-18-22(26)24(6,28)17-10-16-21(5)15-9-14-20(4)13-8-12-19(2)3;1-16(2)9-6-10-17(3)11-7-12-18(4)13-8-14-20(5,23)19(22)15-21;1-3-4-11(12)15-16(13,14)10-7-5-9(2)6-8-10;1-2-3-4(5)6/h19-22,26,28H,7-18H2,1-6H3,(H,25,27);16-19,22-23H,6-15,21H2,1-5H3;5-8H,3-4H2,1-2H3;2-3H2,1H3,(H,5,6). The largest absolute Gasteiger partial charge is 0.481 e. The molecule has 0 heterocycles. The van der Waals surface area contributed by atoms with E-state index in [4.69, 9.17) is 10.8 Å². The third kappa shape index (κ3) is 44.2. The van der Waals surface area contributed by atoms with E-state index < -0.39 is 45.5 Å². The van der Waals surface area contributed by atoms with Gasteiger partial charge in [0.25, 0.3) is 0 Å². The number of aryl methyl sites for hydroxylation is 1. The summed E-state index contributed by atoms with van der Waals surface area (Å²) in [4.78, 5) is 32.2. The highest BCUT2D eigenvalue weighted by Gasteiger charge is 2.30. The topological polar surface area (TPSA) is 234 Å². The van der Waals surface area contributed by atoms with Gasteiger partial charge in [0.1, 0.15) is 4.90 Å². The molecule has 13 nitrogen and oxygen atoms in total. The van der Waals surface area contributed by atoms with Gasteiger partial charge in [-0.25, -0.2) is 0 Å². The van der Waals surface area contributed by atoms with Crippen molar-refractivity contribution in [1.82, 2.24) is 5.32 Å². The summed E-state index contributed by atoms with van der Waals surface area (Å²) in [5.74, 6) is 3.17. The van der Waals surface area contributed by atoms with Gasteiger partial charge in [0.2, 0.25) is 5.91 Å². The van der Waals surface area contributed by atoms with Crippen molar-refractivity contribution in [2.45, 2.75) is 279 Å². The minimum absolute atomic E-state index is 0.00236. The van der Waals surface area contributed by atoms with Gasteiger partial charge < -0.3 is 40.8 Å². The predicted octanol–water partition coefficient (Wildman–Crippen LogP) is 12.8. The Hall–Kier alpha value is -2.62. The first-order chi connectivity index (χ1) is 34.0. The number of nitrogens with two attached hydrogens (primary N) is 1. The number of carbonyl (C=O) groups excluding carboxylic acids is 2. The Morgan fingerprint density at radius 1 is 0.589 bits per heavy atom. The Labute approximate surface area is 447 Å². The SMILES string of the molecule is CC(C)CCCC(C)CCCC(C)CCCC(C)(O)C(O)CN.CCCC(=O)NCC(O)C(C)(O)CCCC(C)CCCC(C)CCCC(C)C.CCCC(=O)O.CCCC(=O)OS(=O)(=O)c1ccc(C)cc1. The Balaban J connectivity index is -0.000000977. The third-order valence-corrected chi connectivity index (χ3v) is 14.8. The first kappa shape index (κ1) is 74.6. The molecule has 8 unspecified atom stereocenters. The van der Waals surface area contributed by atoms with E-state index in [2.05, 4.69) is 64.9 Å². The fourth-order valence-electron chi connectivity index (χ4n) is 8.24. The molecule has 0 aliphatic carbocycles. The summed E-state index contributed by atoms with van der Waals surface area (Å²) in [6.45, 7) is 29.6. The molecule has 73 heavy (non-hydrogen) atoms. The fourth-order valence-corrected chi connectivity index (χ4v) is 9.13. The first-order valence-corrected chi connectivity index (χ1v) is 29.9. The van der Waals surface area contributed by atoms with E-state index in [1.165, 1.54) is 89.2 Å². The van der Waals surface area contributed by atoms with Crippen molar-refractivity contribution < 1.29 is 52.5 Å². The molecule has 0 spiro atoms. The second-order valence-electron chi connectivity index (χ2n) is 22.9. The zero-order chi connectivity index (χ0) is 56.6. The van der Waals surface area contributed by atoms with Crippen LogP contribution in [0.15, 0.2) is 29.2 Å². The van der Waals surface area contributed by atoms with Crippen molar-refractivity contribution in [1.29, 1.82) is 0 Å². The average Bonchev–Trinajstić information content (AvgIpc) is 3.28. The summed E-state index contributed by atoms with van der Waals surface area (Å²) >= 11 is 0. The fraction of sp³-hybridized carbons (Fsp3) is 0.847. The number of benzene rings is 1. The number of carboxylic acids is 1. The van der Waals surface area contributed by atoms with Crippen LogP contribution in [0.1, 0.15) is 250 Å². The second kappa shape index (κ2) is 43.5. The number of aliphatic hydroxyl groups is 4. The highest BCUT2D eigenvalue weighted by atomic mass is 32.2. The molecular weight excluding hydrogens is 945 g/mol. The lowest BCUT2D eigenvalue weighted by Gasteiger charge is -2.29. The number of hydrogen-bond acceptors (Lipinski definition) is 11. The van der Waals surface area contributed by atoms with E-state index in [0.29, 0.717) is 43.9 Å². The number of nitrogens with one attached hydrogen (secondary N) is 1. The highest BCUT2D eigenvalue weighted by Crippen LogP contribution is 2.26. The van der Waals surface area contributed by atoms with Gasteiger partial charge in [0, 0.05) is 32.4 Å². The van der Waals surface area contributed by atoms with Crippen molar-refractivity contribution in [2.75, 3.05) is 13.1 Å². The second-order valence-corrected chi connectivity index (χ2v) is 24.4. The van der Waals surface area contributed by atoms with Gasteiger partial charge in [-0.1, -0.05) is 197 Å². The van der Waals surface area contributed by atoms with Crippen LogP contribution in [0.2, 0.25) is 0 Å². The number of aliphatic hydroxyl groups excluding tert-OH is 2. The zero-order valence-electron chi connectivity index (χ0n) is 49.0. The molecule has 8 N–H and O–H groups in total. The van der Waals surface area contributed by atoms with E-state index in [1.807, 2.05) is 20.8 Å². The van der Waals surface area contributed by atoms with Crippen LogP contribution < -0.4 is 11.1 Å². The molecule has 0 aromatic heterocycles. The van der Waals surface area contributed by atoms with Gasteiger partial charge in [0.05, 0.1) is 23.4 Å². The maximum atomic E-state index is 11.6. The number of rotatable bonds is 37. The summed E-state index contributed by atoms with van der Waals surface area (Å²) in [5.41, 5.74) is 4.18. The first-order valence-electron chi connectivity index (χ1n) is 28.5. The van der Waals surface area contributed by atoms with Gasteiger partial charge in [-0.05, 0) is 101 Å². The molecule has 0 fully saturated rings. The lowest BCUT2D eigenvalue weighted by Crippen LogP contribution is -2.46. The Kier molecular flexibility index (Phi) is 44.4. The van der Waals surface area contributed by atoms with Crippen LogP contribution in [0.25, 0.3) is 0 Å². The number of carboxylic acid groups (broad SMARTS) is 1. The van der Waals surface area contributed by atoms with E-state index in [9.17, 15) is 43.2 Å². The number of hydrogen-bond donors (Lipinski definition) is 7. The summed E-state index contributed by atoms with van der Waals surface area (Å²) in [5, 5.41) is 51.1. The monoisotopic (exact) mass is 1060 g/mol.